The molecule has 36 heavy (non-hydrogen) atoms. The number of rotatable bonds is 4. The molecule has 0 spiro atoms. The normalized spacial score (nSPS) is 15.3. The molecule has 2 aliphatic rings. The van der Waals surface area contributed by atoms with Gasteiger partial charge < -0.3 is 19.6 Å². The van der Waals surface area contributed by atoms with Crippen LogP contribution in [0.4, 0.5) is 0 Å². The van der Waals surface area contributed by atoms with E-state index in [0.717, 1.165) is 74.1 Å². The Labute approximate surface area is 201 Å². The summed E-state index contributed by atoms with van der Waals surface area (Å²) in [5.74, 6) is 0. The molecule has 0 saturated carbocycles. The van der Waals surface area contributed by atoms with Crippen LogP contribution < -0.4 is 20.9 Å². The van der Waals surface area contributed by atoms with Gasteiger partial charge in [0.25, 0.3) is 0 Å². The Hall–Kier alpha value is -3.30. The van der Waals surface area contributed by atoms with Crippen LogP contribution >= 0.6 is 15.6 Å². The first kappa shape index (κ1) is 21.9. The lowest BCUT2D eigenvalue weighted by Gasteiger charge is -2.22. The van der Waals surface area contributed by atoms with Gasteiger partial charge in [-0.2, -0.15) is 9.25 Å². The zero-order chi connectivity index (χ0) is 25.0. The lowest BCUT2D eigenvalue weighted by atomic mass is 9.87. The number of fused-ring (bicyclic) bond motifs is 2. The van der Waals surface area contributed by atoms with Crippen molar-refractivity contribution in [1.82, 2.24) is 10.1 Å². The van der Waals surface area contributed by atoms with Gasteiger partial charge in [-0.05, 0) is 32.3 Å². The molecule has 7 rings (SSSR count). The molecule has 4 N–H and O–H groups in total. The van der Waals surface area contributed by atoms with Crippen LogP contribution in [0.5, 0.6) is 0 Å². The molecule has 0 bridgehead atoms. The third-order valence-corrected chi connectivity index (χ3v) is 7.30. The number of nitrogens with zero attached hydrogens (tertiary/aromatic N) is 2. The fourth-order valence-electron chi connectivity index (χ4n) is 5.39. The Bertz CT molecular complexity index is 1860. The van der Waals surface area contributed by atoms with E-state index in [-0.39, 0.29) is 0 Å². The molecule has 0 aliphatic carbocycles. The highest BCUT2D eigenvalue weighted by molar-refractivity contribution is 7.46. The van der Waals surface area contributed by atoms with Crippen molar-refractivity contribution in [3.63, 3.8) is 0 Å². The van der Waals surface area contributed by atoms with Crippen molar-refractivity contribution in [2.24, 2.45) is 0 Å². The van der Waals surface area contributed by atoms with Gasteiger partial charge in [0, 0.05) is 56.4 Å². The van der Waals surface area contributed by atoms with Crippen molar-refractivity contribution in [3.05, 3.63) is 69.4 Å². The Morgan fingerprint density at radius 2 is 0.750 bits per heavy atom. The summed E-state index contributed by atoms with van der Waals surface area (Å²) in [5.41, 5.74) is 0. The van der Waals surface area contributed by atoms with E-state index in [9.17, 15) is 28.7 Å². The fraction of sp³-hybridized carbons (Fsp3) is 0. The minimum atomic E-state index is -4.73. The van der Waals surface area contributed by atoms with Crippen molar-refractivity contribution < 1.29 is 38.0 Å². The maximum absolute atomic E-state index is 11.4. The Morgan fingerprint density at radius 1 is 0.472 bits per heavy atom. The minimum Gasteiger partial charge on any atom is -0.301 e. The van der Waals surface area contributed by atoms with Gasteiger partial charge in [0.15, 0.2) is 0 Å². The summed E-state index contributed by atoms with van der Waals surface area (Å²) >= 11 is 0. The summed E-state index contributed by atoms with van der Waals surface area (Å²) in [6.45, 7) is 0. The first-order chi connectivity index (χ1) is 17.1. The molecule has 0 fully saturated rings. The highest BCUT2D eigenvalue weighted by atomic mass is 31.2. The van der Waals surface area contributed by atoms with Crippen LogP contribution in [0.1, 0.15) is 0 Å². The summed E-state index contributed by atoms with van der Waals surface area (Å²) in [7, 11) is -9.46. The quantitative estimate of drug-likeness (QED) is 0.155. The molecule has 0 amide bonds. The summed E-state index contributed by atoms with van der Waals surface area (Å²) < 4.78 is 32.3. The SMILES string of the molecule is O=P(O)(O)ON1C=c2ccc3c4ccc5c6c(ccc(c7ccc(c2c37)=C1)c64)=CN(OP(=O)(O)O)C=5. The summed E-state index contributed by atoms with van der Waals surface area (Å²) in [6, 6.07) is 15.5. The standard InChI is InChI=1S/C24H16N2O8P2/c27-35(28,29)33-25-9-13-1-5-17-18-6-3-15-11-26(34-36(30,31)32)12-16-4-8-20(24(18)22(15)16)19-7-2-14(10-25)21(13)23(17)19/h1-12H,(H2,27,28,29)(H2,30,31,32). The van der Waals surface area contributed by atoms with Gasteiger partial charge in [-0.3, -0.25) is 0 Å². The predicted octanol–water partition coefficient (Wildman–Crippen LogP) is 1.37. The second-order valence-electron chi connectivity index (χ2n) is 8.69. The molecule has 0 radical (unpaired) electrons. The Morgan fingerprint density at radius 3 is 1.00 bits per heavy atom. The van der Waals surface area contributed by atoms with E-state index in [1.54, 1.807) is 24.8 Å². The Balaban J connectivity index is 1.57. The molecule has 2 aliphatic heterocycles. The van der Waals surface area contributed by atoms with E-state index < -0.39 is 15.6 Å². The molecule has 5 aromatic carbocycles. The van der Waals surface area contributed by atoms with E-state index >= 15 is 0 Å². The molecule has 0 aromatic heterocycles. The zero-order valence-electron chi connectivity index (χ0n) is 18.1. The summed E-state index contributed by atoms with van der Waals surface area (Å²) in [6.07, 6.45) is 6.18. The molecule has 2 heterocycles. The number of hydroxylamine groups is 4. The monoisotopic (exact) mass is 522 g/mol. The lowest BCUT2D eigenvalue weighted by Crippen LogP contribution is -2.27. The predicted molar refractivity (Wildman–Crippen MR) is 134 cm³/mol. The van der Waals surface area contributed by atoms with E-state index in [4.69, 9.17) is 9.25 Å². The number of phosphoric acid groups is 2. The summed E-state index contributed by atoms with van der Waals surface area (Å²) in [4.78, 5) is 36.9. The molecular formula is C24H16N2O8P2. The third kappa shape index (κ3) is 3.29. The number of hydrogen-bond acceptors (Lipinski definition) is 6. The molecular weight excluding hydrogens is 506 g/mol. The minimum absolute atomic E-state index is 0.766. The van der Waals surface area contributed by atoms with Gasteiger partial charge in [-0.15, -0.1) is 0 Å². The number of benzene rings is 5. The van der Waals surface area contributed by atoms with Gasteiger partial charge in [0.05, 0.1) is 0 Å². The topological polar surface area (TPSA) is 140 Å². The second-order valence-corrected chi connectivity index (χ2v) is 11.0. The average molecular weight is 522 g/mol. The lowest BCUT2D eigenvalue weighted by molar-refractivity contribution is 0.0400. The van der Waals surface area contributed by atoms with Crippen LogP contribution in [0.3, 0.4) is 0 Å². The smallest absolute Gasteiger partial charge is 0.301 e. The van der Waals surface area contributed by atoms with E-state index in [2.05, 4.69) is 0 Å². The zero-order valence-corrected chi connectivity index (χ0v) is 19.9. The maximum Gasteiger partial charge on any atom is 0.491 e. The third-order valence-electron chi connectivity index (χ3n) is 6.50. The first-order valence-electron chi connectivity index (χ1n) is 10.7. The molecule has 12 heteroatoms. The molecule has 0 atom stereocenters. The van der Waals surface area contributed by atoms with Crippen LogP contribution in [0, 0.1) is 0 Å². The first-order valence-corrected chi connectivity index (χ1v) is 13.8. The molecule has 10 nitrogen and oxygen atoms in total. The average Bonchev–Trinajstić information content (AvgIpc) is 2.78. The number of hydrogen-bond donors (Lipinski definition) is 4. The summed E-state index contributed by atoms with van der Waals surface area (Å²) in [5, 5.41) is 13.2. The highest BCUT2D eigenvalue weighted by Gasteiger charge is 2.23. The van der Waals surface area contributed by atoms with E-state index in [0.29, 0.717) is 0 Å². The second kappa shape index (κ2) is 7.14. The van der Waals surface area contributed by atoms with Crippen LogP contribution in [0.25, 0.3) is 67.9 Å². The highest BCUT2D eigenvalue weighted by Crippen LogP contribution is 2.40. The van der Waals surface area contributed by atoms with Crippen molar-refractivity contribution in [1.29, 1.82) is 0 Å². The van der Waals surface area contributed by atoms with Crippen molar-refractivity contribution in [2.75, 3.05) is 0 Å². The van der Waals surface area contributed by atoms with E-state index in [1.807, 2.05) is 48.5 Å². The van der Waals surface area contributed by atoms with Crippen LogP contribution in [0.15, 0.2) is 48.5 Å². The van der Waals surface area contributed by atoms with Gasteiger partial charge >= 0.3 is 15.6 Å². The van der Waals surface area contributed by atoms with Crippen LogP contribution in [-0.2, 0) is 18.4 Å². The molecule has 0 saturated heterocycles. The van der Waals surface area contributed by atoms with Gasteiger partial charge in [0.1, 0.15) is 0 Å². The maximum atomic E-state index is 11.4. The van der Waals surface area contributed by atoms with E-state index in [1.165, 1.54) is 0 Å². The van der Waals surface area contributed by atoms with Gasteiger partial charge in [-0.1, -0.05) is 48.5 Å². The fourth-order valence-corrected chi connectivity index (χ4v) is 6.07. The largest absolute Gasteiger partial charge is 0.491 e. The molecule has 5 aromatic rings. The molecule has 180 valence electrons. The van der Waals surface area contributed by atoms with Crippen LogP contribution in [0.2, 0.25) is 0 Å². The van der Waals surface area contributed by atoms with Crippen molar-refractivity contribution in [2.45, 2.75) is 0 Å². The Kier molecular flexibility index (Phi) is 4.35. The molecule has 0 unspecified atom stereocenters. The van der Waals surface area contributed by atoms with Crippen molar-refractivity contribution >= 4 is 83.5 Å². The van der Waals surface area contributed by atoms with Gasteiger partial charge in [0.2, 0.25) is 0 Å². The van der Waals surface area contributed by atoms with Crippen molar-refractivity contribution in [3.8, 4) is 0 Å². The van der Waals surface area contributed by atoms with Crippen LogP contribution in [-0.4, -0.2) is 29.7 Å². The van der Waals surface area contributed by atoms with Gasteiger partial charge in [-0.25, -0.2) is 19.3 Å².